The monoisotopic (exact) mass is 233 g/mol. The third kappa shape index (κ3) is 3.30. The van der Waals surface area contributed by atoms with E-state index in [4.69, 9.17) is 5.11 Å². The van der Waals surface area contributed by atoms with Gasteiger partial charge in [0.2, 0.25) is 5.91 Å². The molecule has 0 unspecified atom stereocenters. The molecule has 0 saturated heterocycles. The van der Waals surface area contributed by atoms with Crippen LogP contribution in [-0.2, 0) is 17.9 Å². The molecule has 3 nitrogen and oxygen atoms in total. The number of aliphatic hydroxyl groups excluding tert-OH is 1. The summed E-state index contributed by atoms with van der Waals surface area (Å²) in [7, 11) is 0. The van der Waals surface area contributed by atoms with E-state index in [1.807, 2.05) is 24.3 Å². The minimum atomic E-state index is 0.0460. The molecule has 0 aromatic heterocycles. The molecule has 0 bridgehead atoms. The van der Waals surface area contributed by atoms with Gasteiger partial charge in [0.25, 0.3) is 0 Å². The summed E-state index contributed by atoms with van der Waals surface area (Å²) in [5.74, 6) is 0.396. The minimum Gasteiger partial charge on any atom is -0.392 e. The van der Waals surface area contributed by atoms with E-state index in [0.717, 1.165) is 24.0 Å². The molecule has 1 saturated carbocycles. The standard InChI is InChI=1S/C14H19NO2/c16-10-12-5-3-4-11(8-12)9-15-14(17)13-6-1-2-7-13/h3-5,8,13,16H,1-2,6-7,9-10H2,(H,15,17). The Balaban J connectivity index is 1.86. The molecule has 1 aliphatic rings. The van der Waals surface area contributed by atoms with Crippen LogP contribution in [0.15, 0.2) is 24.3 Å². The molecule has 2 N–H and O–H groups in total. The van der Waals surface area contributed by atoms with Gasteiger partial charge in [0.1, 0.15) is 0 Å². The second kappa shape index (κ2) is 5.82. The zero-order chi connectivity index (χ0) is 12.1. The van der Waals surface area contributed by atoms with Gasteiger partial charge in [-0.25, -0.2) is 0 Å². The highest BCUT2D eigenvalue weighted by atomic mass is 16.3. The number of nitrogens with one attached hydrogen (secondary N) is 1. The van der Waals surface area contributed by atoms with E-state index in [1.165, 1.54) is 12.8 Å². The van der Waals surface area contributed by atoms with Gasteiger partial charge in [0.05, 0.1) is 6.61 Å². The second-order valence-electron chi connectivity index (χ2n) is 4.68. The third-order valence-corrected chi connectivity index (χ3v) is 3.37. The molecular formula is C14H19NO2. The van der Waals surface area contributed by atoms with Crippen LogP contribution in [-0.4, -0.2) is 11.0 Å². The first kappa shape index (κ1) is 12.1. The van der Waals surface area contributed by atoms with Crippen LogP contribution in [0.4, 0.5) is 0 Å². The SMILES string of the molecule is O=C(NCc1cccc(CO)c1)C1CCCC1. The summed E-state index contributed by atoms with van der Waals surface area (Å²) in [5, 5.41) is 12.0. The van der Waals surface area contributed by atoms with Crippen molar-refractivity contribution in [1.82, 2.24) is 5.32 Å². The smallest absolute Gasteiger partial charge is 0.223 e. The summed E-state index contributed by atoms with van der Waals surface area (Å²) < 4.78 is 0. The Morgan fingerprint density at radius 2 is 2.00 bits per heavy atom. The zero-order valence-corrected chi connectivity index (χ0v) is 9.98. The average molecular weight is 233 g/mol. The second-order valence-corrected chi connectivity index (χ2v) is 4.68. The summed E-state index contributed by atoms with van der Waals surface area (Å²) in [6.45, 7) is 0.605. The highest BCUT2D eigenvalue weighted by molar-refractivity contribution is 5.78. The van der Waals surface area contributed by atoms with Crippen molar-refractivity contribution in [2.45, 2.75) is 38.8 Å². The molecule has 0 aliphatic heterocycles. The number of carbonyl (C=O) groups excluding carboxylic acids is 1. The average Bonchev–Trinajstić information content (AvgIpc) is 2.90. The van der Waals surface area contributed by atoms with Gasteiger partial charge in [-0.15, -0.1) is 0 Å². The highest BCUT2D eigenvalue weighted by Crippen LogP contribution is 2.24. The van der Waals surface area contributed by atoms with Crippen LogP contribution < -0.4 is 5.32 Å². The molecular weight excluding hydrogens is 214 g/mol. The number of carbonyl (C=O) groups is 1. The highest BCUT2D eigenvalue weighted by Gasteiger charge is 2.21. The van der Waals surface area contributed by atoms with Crippen LogP contribution in [0, 0.1) is 5.92 Å². The first-order valence-corrected chi connectivity index (χ1v) is 6.26. The summed E-state index contributed by atoms with van der Waals surface area (Å²) >= 11 is 0. The maximum absolute atomic E-state index is 11.8. The van der Waals surface area contributed by atoms with Crippen LogP contribution in [0.1, 0.15) is 36.8 Å². The van der Waals surface area contributed by atoms with Crippen molar-refractivity contribution in [1.29, 1.82) is 0 Å². The van der Waals surface area contributed by atoms with Crippen molar-refractivity contribution in [2.24, 2.45) is 5.92 Å². The Hall–Kier alpha value is -1.35. The fourth-order valence-electron chi connectivity index (χ4n) is 2.36. The van der Waals surface area contributed by atoms with Gasteiger partial charge in [0, 0.05) is 12.5 Å². The summed E-state index contributed by atoms with van der Waals surface area (Å²) in [4.78, 5) is 11.8. The van der Waals surface area contributed by atoms with Gasteiger partial charge in [-0.1, -0.05) is 37.1 Å². The molecule has 1 aromatic rings. The molecule has 0 radical (unpaired) electrons. The quantitative estimate of drug-likeness (QED) is 0.835. The fourth-order valence-corrected chi connectivity index (χ4v) is 2.36. The zero-order valence-electron chi connectivity index (χ0n) is 9.98. The predicted octanol–water partition coefficient (Wildman–Crippen LogP) is 1.99. The van der Waals surface area contributed by atoms with E-state index < -0.39 is 0 Å². The first-order chi connectivity index (χ1) is 8.29. The molecule has 1 amide bonds. The number of aliphatic hydroxyl groups is 1. The van der Waals surface area contributed by atoms with Gasteiger partial charge in [-0.3, -0.25) is 4.79 Å². The lowest BCUT2D eigenvalue weighted by atomic mass is 10.1. The van der Waals surface area contributed by atoms with E-state index in [-0.39, 0.29) is 18.4 Å². The fraction of sp³-hybridized carbons (Fsp3) is 0.500. The number of benzene rings is 1. The van der Waals surface area contributed by atoms with Crippen molar-refractivity contribution in [3.05, 3.63) is 35.4 Å². The summed E-state index contributed by atoms with van der Waals surface area (Å²) in [5.41, 5.74) is 1.93. The van der Waals surface area contributed by atoms with Crippen molar-refractivity contribution < 1.29 is 9.90 Å². The number of amides is 1. The molecule has 1 fully saturated rings. The van der Waals surface area contributed by atoms with Crippen LogP contribution in [0.5, 0.6) is 0 Å². The number of hydrogen-bond acceptors (Lipinski definition) is 2. The van der Waals surface area contributed by atoms with Gasteiger partial charge < -0.3 is 10.4 Å². The van der Waals surface area contributed by atoms with E-state index in [1.54, 1.807) is 0 Å². The maximum Gasteiger partial charge on any atom is 0.223 e. The Bertz CT molecular complexity index is 384. The number of rotatable bonds is 4. The van der Waals surface area contributed by atoms with Crippen molar-refractivity contribution in [3.63, 3.8) is 0 Å². The Labute approximate surface area is 102 Å². The molecule has 0 heterocycles. The van der Waals surface area contributed by atoms with E-state index >= 15 is 0 Å². The van der Waals surface area contributed by atoms with Gasteiger partial charge in [-0.2, -0.15) is 0 Å². The summed E-state index contributed by atoms with van der Waals surface area (Å²) in [6, 6.07) is 7.67. The van der Waals surface area contributed by atoms with Crippen molar-refractivity contribution in [2.75, 3.05) is 0 Å². The van der Waals surface area contributed by atoms with Crippen LogP contribution in [0.3, 0.4) is 0 Å². The molecule has 3 heteroatoms. The normalized spacial score (nSPS) is 16.1. The largest absolute Gasteiger partial charge is 0.392 e. The maximum atomic E-state index is 11.8. The third-order valence-electron chi connectivity index (χ3n) is 3.37. The van der Waals surface area contributed by atoms with E-state index in [9.17, 15) is 4.79 Å². The van der Waals surface area contributed by atoms with E-state index in [0.29, 0.717) is 6.54 Å². The summed E-state index contributed by atoms with van der Waals surface area (Å²) in [6.07, 6.45) is 4.42. The van der Waals surface area contributed by atoms with Crippen molar-refractivity contribution >= 4 is 5.91 Å². The van der Waals surface area contributed by atoms with Crippen LogP contribution in [0.25, 0.3) is 0 Å². The van der Waals surface area contributed by atoms with Crippen LogP contribution in [0.2, 0.25) is 0 Å². The lowest BCUT2D eigenvalue weighted by molar-refractivity contribution is -0.124. The molecule has 17 heavy (non-hydrogen) atoms. The molecule has 92 valence electrons. The Morgan fingerprint density at radius 3 is 2.71 bits per heavy atom. The number of hydrogen-bond donors (Lipinski definition) is 2. The first-order valence-electron chi connectivity index (χ1n) is 6.26. The van der Waals surface area contributed by atoms with Gasteiger partial charge in [0.15, 0.2) is 0 Å². The topological polar surface area (TPSA) is 49.3 Å². The predicted molar refractivity (Wildman–Crippen MR) is 66.2 cm³/mol. The molecule has 2 rings (SSSR count). The molecule has 1 aliphatic carbocycles. The van der Waals surface area contributed by atoms with Gasteiger partial charge in [-0.05, 0) is 24.0 Å². The van der Waals surface area contributed by atoms with E-state index in [2.05, 4.69) is 5.32 Å². The minimum absolute atomic E-state index is 0.0460. The Morgan fingerprint density at radius 1 is 1.29 bits per heavy atom. The molecule has 0 spiro atoms. The molecule has 1 aromatic carbocycles. The van der Waals surface area contributed by atoms with Crippen molar-refractivity contribution in [3.8, 4) is 0 Å². The lowest BCUT2D eigenvalue weighted by Gasteiger charge is -2.10. The lowest BCUT2D eigenvalue weighted by Crippen LogP contribution is -2.28. The van der Waals surface area contributed by atoms with Gasteiger partial charge >= 0.3 is 0 Å². The molecule has 0 atom stereocenters. The Kier molecular flexibility index (Phi) is 4.15. The van der Waals surface area contributed by atoms with Crippen LogP contribution >= 0.6 is 0 Å².